The summed E-state index contributed by atoms with van der Waals surface area (Å²) in [6.07, 6.45) is 1.38. The molecule has 0 unspecified atom stereocenters. The normalized spacial score (nSPS) is 63.1. The van der Waals surface area contributed by atoms with Crippen LogP contribution in [0.25, 0.3) is 0 Å². The third-order valence-corrected chi connectivity index (χ3v) is 8.50. The molecule has 0 N–H and O–H groups in total. The maximum absolute atomic E-state index is 12.6. The summed E-state index contributed by atoms with van der Waals surface area (Å²) in [6, 6.07) is 0. The molecule has 0 aromatic rings. The zero-order chi connectivity index (χ0) is 13.5. The van der Waals surface area contributed by atoms with Crippen LogP contribution in [-0.2, 0) is 19.1 Å². The van der Waals surface area contributed by atoms with E-state index in [0.29, 0.717) is 23.7 Å². The Labute approximate surface area is 117 Å². The highest BCUT2D eigenvalue weighted by Gasteiger charge is 2.95. The smallest absolute Gasteiger partial charge is 0.323 e. The number of methoxy groups -OCH3 is 2. The minimum Gasteiger partial charge on any atom is -0.468 e. The number of rotatable bonds is 2. The van der Waals surface area contributed by atoms with E-state index in [9.17, 15) is 9.59 Å². The Morgan fingerprint density at radius 2 is 1.25 bits per heavy atom. The summed E-state index contributed by atoms with van der Waals surface area (Å²) in [6.45, 7) is 0. The molecule has 7 aliphatic carbocycles. The van der Waals surface area contributed by atoms with Gasteiger partial charge in [0.25, 0.3) is 0 Å². The monoisotopic (exact) mass is 274 g/mol. The summed E-state index contributed by atoms with van der Waals surface area (Å²) in [5.41, 5.74) is -0.939. The third kappa shape index (κ3) is 0.626. The van der Waals surface area contributed by atoms with Gasteiger partial charge >= 0.3 is 11.9 Å². The van der Waals surface area contributed by atoms with Crippen LogP contribution in [0.15, 0.2) is 0 Å². The first kappa shape index (κ1) is 10.6. The summed E-state index contributed by atoms with van der Waals surface area (Å²) in [7, 11) is 2.84. The average molecular weight is 274 g/mol. The second-order valence-corrected chi connectivity index (χ2v) is 7.93. The summed E-state index contributed by atoms with van der Waals surface area (Å²) in [5, 5.41) is 0. The lowest BCUT2D eigenvalue weighted by atomic mass is 9.60. The number of carbonyl (C=O) groups is 2. The molecule has 106 valence electrons. The molecule has 7 fully saturated rings. The molecule has 7 rings (SSSR count). The van der Waals surface area contributed by atoms with E-state index >= 15 is 0 Å². The minimum absolute atomic E-state index is 0.237. The van der Waals surface area contributed by atoms with Crippen molar-refractivity contribution in [3.8, 4) is 0 Å². The van der Waals surface area contributed by atoms with Gasteiger partial charge in [0, 0.05) is 0 Å². The van der Waals surface area contributed by atoms with Gasteiger partial charge < -0.3 is 9.47 Å². The van der Waals surface area contributed by atoms with Crippen LogP contribution in [-0.4, -0.2) is 26.2 Å². The molecular formula is C16H18O4. The first-order valence-corrected chi connectivity index (χ1v) is 7.86. The SMILES string of the molecule is COC(=O)C1(C(=O)OC)[C@@H]2[C@@H]3[C@@H]4[C@@H]5C[C@H]6[C@H]4[C@H]3[C@H]1[C@@H]6[C@@H]52. The van der Waals surface area contributed by atoms with Gasteiger partial charge in [-0.05, 0) is 65.6 Å². The Hall–Kier alpha value is -1.06. The van der Waals surface area contributed by atoms with Crippen LogP contribution >= 0.6 is 0 Å². The number of carbonyl (C=O) groups excluding carboxylic acids is 2. The topological polar surface area (TPSA) is 52.6 Å². The molecule has 7 aliphatic rings. The lowest BCUT2D eigenvalue weighted by Gasteiger charge is -2.44. The largest absolute Gasteiger partial charge is 0.468 e. The second-order valence-electron chi connectivity index (χ2n) is 7.93. The first-order valence-electron chi connectivity index (χ1n) is 7.86. The Balaban J connectivity index is 1.62. The van der Waals surface area contributed by atoms with Crippen molar-refractivity contribution in [2.24, 2.45) is 64.6 Å². The van der Waals surface area contributed by atoms with Crippen LogP contribution in [0.3, 0.4) is 0 Å². The minimum atomic E-state index is -0.939. The van der Waals surface area contributed by atoms with Crippen molar-refractivity contribution in [2.45, 2.75) is 6.42 Å². The van der Waals surface area contributed by atoms with E-state index in [0.717, 1.165) is 23.7 Å². The maximum Gasteiger partial charge on any atom is 0.323 e. The Kier molecular flexibility index (Phi) is 1.42. The first-order chi connectivity index (χ1) is 9.69. The summed E-state index contributed by atoms with van der Waals surface area (Å²) in [5.74, 6) is 5.64. The lowest BCUT2D eigenvalue weighted by Crippen LogP contribution is -2.46. The highest BCUT2D eigenvalue weighted by molar-refractivity contribution is 6.02. The van der Waals surface area contributed by atoms with Crippen LogP contribution in [0, 0.1) is 64.6 Å². The zero-order valence-electron chi connectivity index (χ0n) is 11.6. The van der Waals surface area contributed by atoms with Gasteiger partial charge in [0.05, 0.1) is 14.2 Å². The van der Waals surface area contributed by atoms with E-state index in [1.807, 2.05) is 0 Å². The predicted molar refractivity (Wildman–Crippen MR) is 66.0 cm³/mol. The Morgan fingerprint density at radius 3 is 1.65 bits per heavy atom. The van der Waals surface area contributed by atoms with E-state index in [-0.39, 0.29) is 23.8 Å². The molecule has 0 saturated heterocycles. The maximum atomic E-state index is 12.6. The van der Waals surface area contributed by atoms with Gasteiger partial charge in [0.15, 0.2) is 5.41 Å². The fourth-order valence-electron chi connectivity index (χ4n) is 8.93. The van der Waals surface area contributed by atoms with E-state index in [4.69, 9.17) is 9.47 Å². The molecule has 0 aromatic heterocycles. The van der Waals surface area contributed by atoms with Crippen LogP contribution in [0.5, 0.6) is 0 Å². The molecule has 10 atom stereocenters. The van der Waals surface area contributed by atoms with Gasteiger partial charge in [-0.25, -0.2) is 0 Å². The third-order valence-electron chi connectivity index (χ3n) is 8.50. The van der Waals surface area contributed by atoms with E-state index < -0.39 is 5.41 Å². The van der Waals surface area contributed by atoms with Gasteiger partial charge in [0.2, 0.25) is 0 Å². The van der Waals surface area contributed by atoms with Crippen LogP contribution in [0.2, 0.25) is 0 Å². The van der Waals surface area contributed by atoms with Crippen molar-refractivity contribution < 1.29 is 19.1 Å². The molecule has 0 aliphatic heterocycles. The van der Waals surface area contributed by atoms with Crippen molar-refractivity contribution in [1.82, 2.24) is 0 Å². The number of hydrogen-bond donors (Lipinski definition) is 0. The standard InChI is InChI=1S/C16H18O4/c1-19-14(17)16(15(18)20-2)12-8-4-3-5-7-6(4)10(12)11(7)13(16)9(5)8/h4-13H,3H2,1-2H3/t4-,5-,6+,7+,8-,9+,10+,11+,12+,13-/m0/s1. The molecule has 4 heteroatoms. The summed E-state index contributed by atoms with van der Waals surface area (Å²) < 4.78 is 10.2. The summed E-state index contributed by atoms with van der Waals surface area (Å²) >= 11 is 0. The molecule has 20 heavy (non-hydrogen) atoms. The highest BCUT2D eigenvalue weighted by Crippen LogP contribution is 2.94. The Bertz CT molecular complexity index is 529. The quantitative estimate of drug-likeness (QED) is 0.556. The molecule has 7 saturated carbocycles. The average Bonchev–Trinajstić information content (AvgIpc) is 3.08. The molecular weight excluding hydrogens is 256 g/mol. The fraction of sp³-hybridized carbons (Fsp3) is 0.875. The van der Waals surface area contributed by atoms with E-state index in [2.05, 4.69) is 0 Å². The number of hydrogen-bond acceptors (Lipinski definition) is 4. The van der Waals surface area contributed by atoms with Crippen LogP contribution in [0.1, 0.15) is 6.42 Å². The fourth-order valence-corrected chi connectivity index (χ4v) is 8.93. The molecule has 4 nitrogen and oxygen atoms in total. The van der Waals surface area contributed by atoms with Crippen molar-refractivity contribution in [2.75, 3.05) is 14.2 Å². The van der Waals surface area contributed by atoms with Crippen molar-refractivity contribution in [3.63, 3.8) is 0 Å². The van der Waals surface area contributed by atoms with Crippen LogP contribution in [0.4, 0.5) is 0 Å². The predicted octanol–water partition coefficient (Wildman–Crippen LogP) is 0.952. The molecule has 0 radical (unpaired) electrons. The summed E-state index contributed by atoms with van der Waals surface area (Å²) in [4.78, 5) is 25.3. The molecule has 0 aromatic carbocycles. The number of esters is 2. The van der Waals surface area contributed by atoms with Gasteiger partial charge in [-0.15, -0.1) is 0 Å². The van der Waals surface area contributed by atoms with E-state index in [1.165, 1.54) is 20.6 Å². The number of ether oxygens (including phenoxy) is 2. The van der Waals surface area contributed by atoms with Crippen molar-refractivity contribution in [1.29, 1.82) is 0 Å². The zero-order valence-corrected chi connectivity index (χ0v) is 11.6. The van der Waals surface area contributed by atoms with E-state index in [1.54, 1.807) is 0 Å². The van der Waals surface area contributed by atoms with Crippen molar-refractivity contribution in [3.05, 3.63) is 0 Å². The van der Waals surface area contributed by atoms with Gasteiger partial charge in [-0.2, -0.15) is 0 Å². The molecule has 0 spiro atoms. The van der Waals surface area contributed by atoms with Gasteiger partial charge in [0.1, 0.15) is 0 Å². The molecule has 4 bridgehead atoms. The van der Waals surface area contributed by atoms with Gasteiger partial charge in [-0.1, -0.05) is 0 Å². The lowest BCUT2D eigenvalue weighted by molar-refractivity contribution is -0.174. The van der Waals surface area contributed by atoms with Gasteiger partial charge in [-0.3, -0.25) is 9.59 Å². The Morgan fingerprint density at radius 1 is 0.800 bits per heavy atom. The molecule has 0 amide bonds. The van der Waals surface area contributed by atoms with Crippen LogP contribution < -0.4 is 0 Å². The second kappa shape index (κ2) is 2.67. The molecule has 0 heterocycles. The van der Waals surface area contributed by atoms with Crippen molar-refractivity contribution >= 4 is 11.9 Å². The highest BCUT2D eigenvalue weighted by atomic mass is 16.5.